The van der Waals surface area contributed by atoms with Gasteiger partial charge in [-0.2, -0.15) is 0 Å². The Morgan fingerprint density at radius 1 is 1.07 bits per heavy atom. The van der Waals surface area contributed by atoms with Gasteiger partial charge in [0, 0.05) is 24.3 Å². The number of carbonyl (C=O) groups is 3. The van der Waals surface area contributed by atoms with Gasteiger partial charge in [0.1, 0.15) is 11.6 Å². The highest BCUT2D eigenvalue weighted by molar-refractivity contribution is 6.03. The third-order valence-corrected chi connectivity index (χ3v) is 10.3. The summed E-state index contributed by atoms with van der Waals surface area (Å²) in [6, 6.07) is 7.82. The molecular weight excluding hydrogens is 566 g/mol. The number of amides is 3. The number of aliphatic hydroxyl groups excluding tert-OH is 1. The van der Waals surface area contributed by atoms with E-state index in [0.717, 1.165) is 12.1 Å². The van der Waals surface area contributed by atoms with Gasteiger partial charge < -0.3 is 24.5 Å². The normalized spacial score (nSPS) is 28.3. The molecule has 3 saturated heterocycles. The Bertz CT molecular complexity index is 1290. The molecule has 1 aromatic rings. The molecule has 3 heterocycles. The maximum absolute atomic E-state index is 15.1. The van der Waals surface area contributed by atoms with Crippen molar-refractivity contribution >= 4 is 23.4 Å². The molecule has 1 N–H and O–H groups in total. The van der Waals surface area contributed by atoms with Crippen molar-refractivity contribution in [1.82, 2.24) is 9.80 Å². The van der Waals surface area contributed by atoms with Crippen LogP contribution in [0.2, 0.25) is 0 Å². The quantitative estimate of drug-likeness (QED) is 0.290. The van der Waals surface area contributed by atoms with Crippen LogP contribution in [0.15, 0.2) is 55.6 Å². The number of aliphatic hydroxyl groups is 1. The van der Waals surface area contributed by atoms with Gasteiger partial charge in [-0.25, -0.2) is 0 Å². The summed E-state index contributed by atoms with van der Waals surface area (Å²) in [4.78, 5) is 49.9. The first kappa shape index (κ1) is 34.9. The molecule has 3 aliphatic heterocycles. The minimum absolute atomic E-state index is 0.0705. The number of para-hydroxylation sites is 1. The van der Waals surface area contributed by atoms with Crippen molar-refractivity contribution in [3.63, 3.8) is 0 Å². The summed E-state index contributed by atoms with van der Waals surface area (Å²) in [6.45, 7) is 24.6. The van der Waals surface area contributed by atoms with Crippen molar-refractivity contribution in [2.24, 2.45) is 23.2 Å². The SMILES string of the molecule is C=CCN(C(=O)[C@@H]1[C@H]2C(=O)N([C@@H](CO)C(C)C)C(C(=O)N(CC=C)C(C)(C)CC(C)(C)C)C23CC[C@@]1(CC)O3)c1ccccc1. The lowest BCUT2D eigenvalue weighted by molar-refractivity contribution is -0.161. The average Bonchev–Trinajstić information content (AvgIpc) is 3.57. The molecule has 3 aliphatic rings. The van der Waals surface area contributed by atoms with Gasteiger partial charge in [-0.1, -0.05) is 71.9 Å². The Morgan fingerprint density at radius 2 is 1.69 bits per heavy atom. The molecule has 2 unspecified atom stereocenters. The van der Waals surface area contributed by atoms with Crippen LogP contribution in [0.4, 0.5) is 5.69 Å². The van der Waals surface area contributed by atoms with Crippen LogP contribution >= 0.6 is 0 Å². The fourth-order valence-corrected chi connectivity index (χ4v) is 8.82. The van der Waals surface area contributed by atoms with E-state index in [1.807, 2.05) is 56.0 Å². The van der Waals surface area contributed by atoms with E-state index in [-0.39, 0.29) is 42.2 Å². The lowest BCUT2D eigenvalue weighted by Gasteiger charge is -2.47. The summed E-state index contributed by atoms with van der Waals surface area (Å²) in [5.74, 6) is -2.47. The maximum Gasteiger partial charge on any atom is 0.249 e. The highest BCUT2D eigenvalue weighted by atomic mass is 16.5. The third-order valence-electron chi connectivity index (χ3n) is 10.3. The van der Waals surface area contributed by atoms with Crippen LogP contribution in [0.25, 0.3) is 0 Å². The van der Waals surface area contributed by atoms with Crippen molar-refractivity contribution in [3.8, 4) is 0 Å². The van der Waals surface area contributed by atoms with Crippen LogP contribution in [0.5, 0.6) is 0 Å². The number of hydrogen-bond donors (Lipinski definition) is 1. The van der Waals surface area contributed by atoms with Crippen molar-refractivity contribution in [3.05, 3.63) is 55.6 Å². The monoisotopic (exact) mass is 621 g/mol. The van der Waals surface area contributed by atoms with Crippen LogP contribution in [0.3, 0.4) is 0 Å². The molecule has 45 heavy (non-hydrogen) atoms. The predicted molar refractivity (Wildman–Crippen MR) is 178 cm³/mol. The minimum atomic E-state index is -1.19. The predicted octanol–water partition coefficient (Wildman–Crippen LogP) is 5.61. The van der Waals surface area contributed by atoms with Gasteiger partial charge in [-0.15, -0.1) is 13.2 Å². The van der Waals surface area contributed by atoms with E-state index in [0.29, 0.717) is 25.8 Å². The molecule has 248 valence electrons. The van der Waals surface area contributed by atoms with Crippen LogP contribution in [0, 0.1) is 23.2 Å². The second-order valence-electron chi connectivity index (χ2n) is 15.4. The van der Waals surface area contributed by atoms with E-state index in [4.69, 9.17) is 4.74 Å². The summed E-state index contributed by atoms with van der Waals surface area (Å²) in [5, 5.41) is 10.7. The van der Waals surface area contributed by atoms with Gasteiger partial charge in [-0.05, 0) is 63.0 Å². The molecule has 1 spiro atoms. The number of ether oxygens (including phenoxy) is 1. The zero-order valence-corrected chi connectivity index (χ0v) is 28.7. The topological polar surface area (TPSA) is 90.4 Å². The van der Waals surface area contributed by atoms with Crippen LogP contribution in [0.1, 0.15) is 81.1 Å². The molecule has 2 bridgehead atoms. The van der Waals surface area contributed by atoms with Gasteiger partial charge in [0.25, 0.3) is 0 Å². The molecule has 3 fully saturated rings. The maximum atomic E-state index is 15.1. The fourth-order valence-electron chi connectivity index (χ4n) is 8.82. The van der Waals surface area contributed by atoms with Gasteiger partial charge in [0.2, 0.25) is 17.7 Å². The van der Waals surface area contributed by atoms with Crippen molar-refractivity contribution in [1.29, 1.82) is 0 Å². The number of anilines is 1. The van der Waals surface area contributed by atoms with Crippen LogP contribution < -0.4 is 4.90 Å². The lowest BCUT2D eigenvalue weighted by atomic mass is 9.64. The molecule has 0 saturated carbocycles. The van der Waals surface area contributed by atoms with Gasteiger partial charge in [0.15, 0.2) is 0 Å². The average molecular weight is 622 g/mol. The number of hydrogen-bond acceptors (Lipinski definition) is 5. The van der Waals surface area contributed by atoms with Gasteiger partial charge >= 0.3 is 0 Å². The molecule has 6 atom stereocenters. The first-order chi connectivity index (χ1) is 21.1. The fraction of sp³-hybridized carbons (Fsp3) is 0.649. The summed E-state index contributed by atoms with van der Waals surface area (Å²) in [6.07, 6.45) is 5.72. The van der Waals surface area contributed by atoms with E-state index >= 15 is 4.79 Å². The number of carbonyl (C=O) groups excluding carboxylic acids is 3. The molecule has 0 aromatic heterocycles. The largest absolute Gasteiger partial charge is 0.394 e. The standard InChI is InChI=1S/C37H55N3O5/c1-11-21-38(26-17-15-14-16-18-26)31(42)28-29-32(43)40(27(23-41)25(4)5)30(37(29)20-19-36(28,13-3)45-37)33(44)39(22-12-2)35(9,10)24-34(6,7)8/h11-12,14-18,25,27-30,41H,1-2,13,19-24H2,3-10H3/t27-,28-,29-,30?,36+,37?/m0/s1. The summed E-state index contributed by atoms with van der Waals surface area (Å²) in [7, 11) is 0. The molecular formula is C37H55N3O5. The van der Waals surface area contributed by atoms with Crippen LogP contribution in [-0.4, -0.2) is 81.1 Å². The Morgan fingerprint density at radius 3 is 2.20 bits per heavy atom. The number of nitrogens with zero attached hydrogens (tertiary/aromatic N) is 3. The number of fused-ring (bicyclic) bond motifs is 1. The molecule has 0 aliphatic carbocycles. The highest BCUT2D eigenvalue weighted by Crippen LogP contribution is 2.65. The molecule has 4 rings (SSSR count). The number of benzene rings is 1. The zero-order chi connectivity index (χ0) is 33.5. The zero-order valence-electron chi connectivity index (χ0n) is 28.7. The smallest absolute Gasteiger partial charge is 0.249 e. The van der Waals surface area contributed by atoms with E-state index in [9.17, 15) is 14.7 Å². The number of rotatable bonds is 13. The molecule has 8 heteroatoms. The molecule has 3 amide bonds. The Hall–Kier alpha value is -2.97. The third kappa shape index (κ3) is 5.89. The summed E-state index contributed by atoms with van der Waals surface area (Å²) < 4.78 is 7.08. The Labute approximate surface area is 270 Å². The van der Waals surface area contributed by atoms with Crippen molar-refractivity contribution in [2.75, 3.05) is 24.6 Å². The summed E-state index contributed by atoms with van der Waals surface area (Å²) >= 11 is 0. The van der Waals surface area contributed by atoms with E-state index in [1.54, 1.807) is 22.0 Å². The first-order valence-corrected chi connectivity index (χ1v) is 16.6. The van der Waals surface area contributed by atoms with Crippen LogP contribution in [-0.2, 0) is 19.1 Å². The van der Waals surface area contributed by atoms with E-state index in [2.05, 4.69) is 47.8 Å². The van der Waals surface area contributed by atoms with Crippen molar-refractivity contribution in [2.45, 2.75) is 110 Å². The Balaban J connectivity index is 1.90. The molecule has 0 radical (unpaired) electrons. The summed E-state index contributed by atoms with van der Waals surface area (Å²) in [5.41, 5.74) is -1.99. The van der Waals surface area contributed by atoms with Gasteiger partial charge in [-0.3, -0.25) is 14.4 Å². The Kier molecular flexibility index (Phi) is 9.83. The van der Waals surface area contributed by atoms with E-state index in [1.165, 1.54) is 0 Å². The minimum Gasteiger partial charge on any atom is -0.394 e. The van der Waals surface area contributed by atoms with E-state index < -0.39 is 40.7 Å². The molecule has 1 aromatic carbocycles. The molecule has 8 nitrogen and oxygen atoms in total. The second kappa shape index (κ2) is 12.7. The number of likely N-dealkylation sites (tertiary alicyclic amines) is 1. The lowest BCUT2D eigenvalue weighted by Crippen LogP contribution is -2.63. The highest BCUT2D eigenvalue weighted by Gasteiger charge is 2.79. The first-order valence-electron chi connectivity index (χ1n) is 16.6. The second-order valence-corrected chi connectivity index (χ2v) is 15.4. The van der Waals surface area contributed by atoms with Crippen molar-refractivity contribution < 1.29 is 24.2 Å². The van der Waals surface area contributed by atoms with Gasteiger partial charge in [0.05, 0.1) is 30.1 Å².